The van der Waals surface area contributed by atoms with E-state index in [4.69, 9.17) is 5.73 Å². The number of hydrogen-bond donors (Lipinski definition) is 2. The zero-order valence-electron chi connectivity index (χ0n) is 14.7. The molecule has 3 N–H and O–H groups in total. The summed E-state index contributed by atoms with van der Waals surface area (Å²) in [4.78, 5) is 27.1. The minimum absolute atomic E-state index is 0.0211. The summed E-state index contributed by atoms with van der Waals surface area (Å²) in [6, 6.07) is 5.44. The molecule has 6 heteroatoms. The number of nitrogens with two attached hydrogens (primary N) is 1. The Hall–Kier alpha value is -2.63. The van der Waals surface area contributed by atoms with Crippen LogP contribution in [0.3, 0.4) is 0 Å². The van der Waals surface area contributed by atoms with Crippen molar-refractivity contribution in [2.45, 2.75) is 51.5 Å². The largest absolute Gasteiger partial charge is 0.375 e. The van der Waals surface area contributed by atoms with E-state index in [2.05, 4.69) is 28.7 Å². The van der Waals surface area contributed by atoms with Gasteiger partial charge in [-0.15, -0.1) is 0 Å². The lowest BCUT2D eigenvalue weighted by Crippen LogP contribution is -2.24. The summed E-state index contributed by atoms with van der Waals surface area (Å²) in [5.74, 6) is 0.890. The molecule has 0 radical (unpaired) electrons. The molecule has 1 aliphatic rings. The molecule has 0 bridgehead atoms. The zero-order valence-corrected chi connectivity index (χ0v) is 14.7. The van der Waals surface area contributed by atoms with E-state index in [-0.39, 0.29) is 6.04 Å². The van der Waals surface area contributed by atoms with E-state index in [0.717, 1.165) is 42.0 Å². The average Bonchev–Trinajstić information content (AvgIpc) is 3.06. The third-order valence-electron chi connectivity index (χ3n) is 4.95. The van der Waals surface area contributed by atoms with E-state index in [1.807, 2.05) is 18.3 Å². The topological polar surface area (TPSA) is 90.0 Å². The summed E-state index contributed by atoms with van der Waals surface area (Å²) in [6.07, 6.45) is 5.99. The van der Waals surface area contributed by atoms with Crippen LogP contribution in [0.2, 0.25) is 0 Å². The van der Waals surface area contributed by atoms with Crippen LogP contribution in [0.5, 0.6) is 0 Å². The highest BCUT2D eigenvalue weighted by molar-refractivity contribution is 5.94. The first-order valence-electron chi connectivity index (χ1n) is 8.82. The lowest BCUT2D eigenvalue weighted by molar-refractivity contribution is -0.108. The predicted molar refractivity (Wildman–Crippen MR) is 97.1 cm³/mol. The van der Waals surface area contributed by atoms with E-state index >= 15 is 0 Å². The molecule has 0 aliphatic carbocycles. The molecule has 1 atom stereocenters. The van der Waals surface area contributed by atoms with Crippen LogP contribution in [0.1, 0.15) is 73.4 Å². The molecule has 6 nitrogen and oxygen atoms in total. The lowest BCUT2D eigenvalue weighted by atomic mass is 10.00. The second-order valence-corrected chi connectivity index (χ2v) is 6.43. The SMILES string of the molecule is CCC(CC)c1ncc2n1-c1cc(C(N)=O)ccc1NC2CCC=O. The van der Waals surface area contributed by atoms with Gasteiger partial charge in [0.05, 0.1) is 29.3 Å². The fraction of sp³-hybridized carbons (Fsp3) is 0.421. The van der Waals surface area contributed by atoms with Gasteiger partial charge >= 0.3 is 0 Å². The maximum Gasteiger partial charge on any atom is 0.248 e. The number of nitrogens with one attached hydrogen (secondary N) is 1. The Balaban J connectivity index is 2.16. The number of anilines is 1. The van der Waals surface area contributed by atoms with Gasteiger partial charge < -0.3 is 15.8 Å². The number of carbonyl (C=O) groups is 2. The first-order valence-corrected chi connectivity index (χ1v) is 8.82. The van der Waals surface area contributed by atoms with E-state index in [1.165, 1.54) is 0 Å². The number of benzene rings is 1. The van der Waals surface area contributed by atoms with Crippen LogP contribution in [0.4, 0.5) is 5.69 Å². The molecule has 1 unspecified atom stereocenters. The number of aldehydes is 1. The standard InChI is InChI=1S/C19H24N4O2/c1-3-12(4-2)19-21-11-17-14(6-5-9-24)22-15-8-7-13(18(20)25)10-16(15)23(17)19/h7-12,14,22H,3-6H2,1-2H3,(H2,20,25). The Morgan fingerprint density at radius 3 is 2.80 bits per heavy atom. The molecular formula is C19H24N4O2. The van der Waals surface area contributed by atoms with Crippen LogP contribution in [-0.2, 0) is 4.79 Å². The van der Waals surface area contributed by atoms with Crippen molar-refractivity contribution in [1.82, 2.24) is 9.55 Å². The van der Waals surface area contributed by atoms with Crippen molar-refractivity contribution in [2.75, 3.05) is 5.32 Å². The molecule has 0 saturated heterocycles. The van der Waals surface area contributed by atoms with Gasteiger partial charge in [-0.3, -0.25) is 9.36 Å². The second-order valence-electron chi connectivity index (χ2n) is 6.43. The molecule has 1 aromatic carbocycles. The van der Waals surface area contributed by atoms with Crippen molar-refractivity contribution in [2.24, 2.45) is 5.73 Å². The van der Waals surface area contributed by atoms with Gasteiger partial charge in [0.15, 0.2) is 0 Å². The summed E-state index contributed by atoms with van der Waals surface area (Å²) in [7, 11) is 0. The number of carbonyl (C=O) groups excluding carboxylic acids is 2. The number of rotatable bonds is 7. The van der Waals surface area contributed by atoms with Gasteiger partial charge in [-0.2, -0.15) is 0 Å². The number of hydrogen-bond acceptors (Lipinski definition) is 4. The Kier molecular flexibility index (Phi) is 4.88. The Morgan fingerprint density at radius 2 is 2.16 bits per heavy atom. The van der Waals surface area contributed by atoms with Crippen LogP contribution >= 0.6 is 0 Å². The molecule has 1 aliphatic heterocycles. The van der Waals surface area contributed by atoms with Gasteiger partial charge in [0, 0.05) is 17.9 Å². The van der Waals surface area contributed by atoms with E-state index in [9.17, 15) is 9.59 Å². The summed E-state index contributed by atoms with van der Waals surface area (Å²) in [5, 5.41) is 3.47. The summed E-state index contributed by atoms with van der Waals surface area (Å²) in [6.45, 7) is 4.31. The smallest absolute Gasteiger partial charge is 0.248 e. The maximum absolute atomic E-state index is 11.6. The fourth-order valence-electron chi connectivity index (χ4n) is 3.54. The zero-order chi connectivity index (χ0) is 18.0. The molecule has 1 amide bonds. The van der Waals surface area contributed by atoms with Crippen LogP contribution in [0, 0.1) is 0 Å². The molecular weight excluding hydrogens is 316 g/mol. The van der Waals surface area contributed by atoms with E-state index in [0.29, 0.717) is 24.3 Å². The highest BCUT2D eigenvalue weighted by Crippen LogP contribution is 2.39. The lowest BCUT2D eigenvalue weighted by Gasteiger charge is -2.30. The highest BCUT2D eigenvalue weighted by Gasteiger charge is 2.29. The van der Waals surface area contributed by atoms with Crippen molar-refractivity contribution < 1.29 is 9.59 Å². The fourth-order valence-corrected chi connectivity index (χ4v) is 3.54. The Labute approximate surface area is 147 Å². The first-order chi connectivity index (χ1) is 12.1. The Bertz CT molecular complexity index is 793. The minimum atomic E-state index is -0.448. The molecule has 2 heterocycles. The van der Waals surface area contributed by atoms with Crippen molar-refractivity contribution >= 4 is 17.9 Å². The number of nitrogens with zero attached hydrogens (tertiary/aromatic N) is 2. The molecule has 1 aromatic heterocycles. The third-order valence-corrected chi connectivity index (χ3v) is 4.95. The number of primary amides is 1. The van der Waals surface area contributed by atoms with Crippen LogP contribution in [0.25, 0.3) is 5.69 Å². The molecule has 0 fully saturated rings. The van der Waals surface area contributed by atoms with Crippen molar-refractivity contribution in [3.8, 4) is 5.69 Å². The first kappa shape index (κ1) is 17.2. The molecule has 3 rings (SSSR count). The summed E-state index contributed by atoms with van der Waals surface area (Å²) < 4.78 is 2.14. The van der Waals surface area contributed by atoms with Gasteiger partial charge in [0.25, 0.3) is 0 Å². The van der Waals surface area contributed by atoms with Gasteiger partial charge in [-0.1, -0.05) is 13.8 Å². The third kappa shape index (κ3) is 3.04. The van der Waals surface area contributed by atoms with Gasteiger partial charge in [0.1, 0.15) is 12.1 Å². The maximum atomic E-state index is 11.6. The Morgan fingerprint density at radius 1 is 1.40 bits per heavy atom. The van der Waals surface area contributed by atoms with Crippen LogP contribution in [-0.4, -0.2) is 21.7 Å². The molecule has 0 saturated carbocycles. The van der Waals surface area contributed by atoms with Gasteiger partial charge in [-0.05, 0) is 37.5 Å². The quantitative estimate of drug-likeness (QED) is 0.757. The highest BCUT2D eigenvalue weighted by atomic mass is 16.1. The summed E-state index contributed by atoms with van der Waals surface area (Å²) in [5.41, 5.74) is 8.79. The molecule has 25 heavy (non-hydrogen) atoms. The number of fused-ring (bicyclic) bond motifs is 3. The number of amides is 1. The van der Waals surface area contributed by atoms with Crippen LogP contribution in [0.15, 0.2) is 24.4 Å². The normalized spacial score (nSPS) is 15.4. The summed E-state index contributed by atoms with van der Waals surface area (Å²) >= 11 is 0. The van der Waals surface area contributed by atoms with Crippen molar-refractivity contribution in [1.29, 1.82) is 0 Å². The van der Waals surface area contributed by atoms with Gasteiger partial charge in [0.2, 0.25) is 5.91 Å². The average molecular weight is 340 g/mol. The number of imidazole rings is 1. The van der Waals surface area contributed by atoms with Crippen molar-refractivity contribution in [3.63, 3.8) is 0 Å². The predicted octanol–water partition coefficient (Wildman–Crippen LogP) is 3.32. The number of aromatic nitrogens is 2. The van der Waals surface area contributed by atoms with Gasteiger partial charge in [-0.25, -0.2) is 4.98 Å². The van der Waals surface area contributed by atoms with E-state index < -0.39 is 5.91 Å². The molecule has 0 spiro atoms. The molecule has 132 valence electrons. The second kappa shape index (κ2) is 7.09. The van der Waals surface area contributed by atoms with Crippen molar-refractivity contribution in [3.05, 3.63) is 41.5 Å². The minimum Gasteiger partial charge on any atom is -0.375 e. The van der Waals surface area contributed by atoms with E-state index in [1.54, 1.807) is 6.07 Å². The molecule has 2 aromatic rings. The van der Waals surface area contributed by atoms with Crippen LogP contribution < -0.4 is 11.1 Å². The monoisotopic (exact) mass is 340 g/mol.